The fourth-order valence-corrected chi connectivity index (χ4v) is 3.23. The Bertz CT molecular complexity index is 1200. The smallest absolute Gasteiger partial charge is 0.331 e. The molecule has 0 saturated heterocycles. The maximum Gasteiger partial charge on any atom is 0.331 e. The average molecular weight is 495 g/mol. The van der Waals surface area contributed by atoms with Crippen LogP contribution in [0.5, 0.6) is 17.2 Å². The molecule has 0 unspecified atom stereocenters. The Kier molecular flexibility index (Phi) is 9.50. The molecule has 0 fully saturated rings. The van der Waals surface area contributed by atoms with E-state index in [1.807, 2.05) is 45.0 Å². The molecular formula is C27H30N2O7. The first kappa shape index (κ1) is 26.3. The molecule has 1 heterocycles. The van der Waals surface area contributed by atoms with Crippen molar-refractivity contribution in [2.45, 2.75) is 27.4 Å². The first-order chi connectivity index (χ1) is 17.4. The second-order valence-electron chi connectivity index (χ2n) is 7.96. The molecule has 0 radical (unpaired) electrons. The predicted molar refractivity (Wildman–Crippen MR) is 133 cm³/mol. The van der Waals surface area contributed by atoms with Gasteiger partial charge in [-0.25, -0.2) is 4.79 Å². The van der Waals surface area contributed by atoms with Crippen molar-refractivity contribution in [3.05, 3.63) is 76.7 Å². The highest BCUT2D eigenvalue weighted by Crippen LogP contribution is 2.30. The first-order valence-electron chi connectivity index (χ1n) is 11.4. The Morgan fingerprint density at radius 2 is 1.89 bits per heavy atom. The van der Waals surface area contributed by atoms with Crippen LogP contribution < -0.4 is 19.5 Å². The Hall–Kier alpha value is -4.27. The van der Waals surface area contributed by atoms with Crippen molar-refractivity contribution in [3.63, 3.8) is 0 Å². The van der Waals surface area contributed by atoms with Gasteiger partial charge in [-0.05, 0) is 62.2 Å². The number of nitrogens with one attached hydrogen (secondary N) is 1. The Morgan fingerprint density at radius 3 is 2.61 bits per heavy atom. The minimum atomic E-state index is -0.640. The molecule has 0 atom stereocenters. The van der Waals surface area contributed by atoms with Gasteiger partial charge in [0.2, 0.25) is 0 Å². The molecule has 0 spiro atoms. The van der Waals surface area contributed by atoms with Gasteiger partial charge < -0.3 is 28.8 Å². The zero-order valence-corrected chi connectivity index (χ0v) is 20.8. The second kappa shape index (κ2) is 13.0. The van der Waals surface area contributed by atoms with E-state index in [0.717, 1.165) is 22.6 Å². The lowest BCUT2D eigenvalue weighted by molar-refractivity contribution is -0.143. The lowest BCUT2D eigenvalue weighted by atomic mass is 10.2. The number of amides is 1. The molecule has 3 rings (SSSR count). The topological polar surface area (TPSA) is 109 Å². The number of ether oxygens (including phenoxy) is 4. The molecular weight excluding hydrogens is 464 g/mol. The summed E-state index contributed by atoms with van der Waals surface area (Å²) >= 11 is 0. The summed E-state index contributed by atoms with van der Waals surface area (Å²) < 4.78 is 27.0. The zero-order valence-electron chi connectivity index (χ0n) is 20.8. The number of carbonyl (C=O) groups is 2. The number of benzene rings is 2. The largest absolute Gasteiger partial charge is 0.493 e. The molecule has 0 aliphatic rings. The predicted octanol–water partition coefficient (Wildman–Crippen LogP) is 3.94. The van der Waals surface area contributed by atoms with Crippen LogP contribution in [0.25, 0.3) is 6.08 Å². The van der Waals surface area contributed by atoms with Gasteiger partial charge in [-0.2, -0.15) is 0 Å². The monoisotopic (exact) mass is 494 g/mol. The first-order valence-corrected chi connectivity index (χ1v) is 11.4. The van der Waals surface area contributed by atoms with Crippen LogP contribution in [0.4, 0.5) is 0 Å². The number of rotatable bonds is 12. The molecule has 1 aromatic heterocycles. The summed E-state index contributed by atoms with van der Waals surface area (Å²) in [5.41, 5.74) is 3.44. The average Bonchev–Trinajstić information content (AvgIpc) is 3.19. The molecule has 190 valence electrons. The number of nitrogens with zero attached hydrogens (tertiary/aromatic N) is 1. The fourth-order valence-electron chi connectivity index (χ4n) is 3.23. The molecule has 0 saturated carbocycles. The third-order valence-corrected chi connectivity index (χ3v) is 5.18. The number of methoxy groups -OCH3 is 1. The van der Waals surface area contributed by atoms with Crippen molar-refractivity contribution in [2.75, 3.05) is 26.9 Å². The second-order valence-corrected chi connectivity index (χ2v) is 7.96. The van der Waals surface area contributed by atoms with Gasteiger partial charge >= 0.3 is 5.97 Å². The van der Waals surface area contributed by atoms with Crippen LogP contribution in [0, 0.1) is 20.8 Å². The fraction of sp³-hybridized carbons (Fsp3) is 0.296. The van der Waals surface area contributed by atoms with Gasteiger partial charge in [-0.15, -0.1) is 0 Å². The number of esters is 1. The van der Waals surface area contributed by atoms with Gasteiger partial charge in [0.1, 0.15) is 24.7 Å². The van der Waals surface area contributed by atoms with Crippen molar-refractivity contribution in [2.24, 2.45) is 0 Å². The van der Waals surface area contributed by atoms with Crippen LogP contribution in [0.15, 0.2) is 53.1 Å². The summed E-state index contributed by atoms with van der Waals surface area (Å²) in [5.74, 6) is 1.43. The van der Waals surface area contributed by atoms with Crippen molar-refractivity contribution < 1.29 is 33.1 Å². The van der Waals surface area contributed by atoms with Crippen LogP contribution in [-0.2, 0) is 20.9 Å². The zero-order chi connectivity index (χ0) is 25.9. The molecule has 2 aromatic carbocycles. The van der Waals surface area contributed by atoms with E-state index < -0.39 is 11.9 Å². The number of aryl methyl sites for hydroxylation is 3. The van der Waals surface area contributed by atoms with Crippen LogP contribution in [-0.4, -0.2) is 43.9 Å². The molecule has 36 heavy (non-hydrogen) atoms. The van der Waals surface area contributed by atoms with Gasteiger partial charge in [0.15, 0.2) is 18.1 Å². The Labute approximate surface area is 210 Å². The Morgan fingerprint density at radius 1 is 1.06 bits per heavy atom. The maximum atomic E-state index is 12.0. The quantitative estimate of drug-likeness (QED) is 0.229. The van der Waals surface area contributed by atoms with E-state index in [1.165, 1.54) is 13.2 Å². The highest BCUT2D eigenvalue weighted by Gasteiger charge is 2.12. The highest BCUT2D eigenvalue weighted by atomic mass is 16.5. The molecule has 1 amide bonds. The molecule has 9 nitrogen and oxygen atoms in total. The molecule has 0 bridgehead atoms. The van der Waals surface area contributed by atoms with Crippen molar-refractivity contribution in [3.8, 4) is 17.2 Å². The molecule has 1 N–H and O–H groups in total. The lowest BCUT2D eigenvalue weighted by Crippen LogP contribution is -2.31. The van der Waals surface area contributed by atoms with Gasteiger partial charge in [-0.1, -0.05) is 23.4 Å². The summed E-state index contributed by atoms with van der Waals surface area (Å²) in [6.45, 7) is 6.16. The summed E-state index contributed by atoms with van der Waals surface area (Å²) in [6, 6.07) is 12.9. The van der Waals surface area contributed by atoms with Crippen molar-refractivity contribution in [1.82, 2.24) is 10.5 Å². The standard InChI is InChI=1S/C27H30N2O7/c1-18-6-5-7-22(14-18)33-13-12-28-26(30)17-35-27(31)11-9-21-8-10-24(25(15-21)32-4)34-16-23-19(2)29-36-20(23)3/h5-11,14-15H,12-13,16-17H2,1-4H3,(H,28,30)/b11-9+. The SMILES string of the molecule is COc1cc(/C=C/C(=O)OCC(=O)NCCOc2cccc(C)c2)ccc1OCc1c(C)noc1C. The number of carbonyl (C=O) groups excluding carboxylic acids is 2. The minimum absolute atomic E-state index is 0.291. The van der Waals surface area contributed by atoms with Crippen LogP contribution in [0.2, 0.25) is 0 Å². The van der Waals surface area contributed by atoms with E-state index in [4.69, 9.17) is 23.5 Å². The molecule has 9 heteroatoms. The van der Waals surface area contributed by atoms with Gasteiger partial charge in [0, 0.05) is 6.08 Å². The molecule has 0 aliphatic carbocycles. The summed E-state index contributed by atoms with van der Waals surface area (Å²) in [6.07, 6.45) is 2.81. The van der Waals surface area contributed by atoms with Gasteiger partial charge in [-0.3, -0.25) is 4.79 Å². The highest BCUT2D eigenvalue weighted by molar-refractivity contribution is 5.89. The summed E-state index contributed by atoms with van der Waals surface area (Å²) in [7, 11) is 1.53. The third kappa shape index (κ3) is 7.90. The third-order valence-electron chi connectivity index (χ3n) is 5.18. The number of aromatic nitrogens is 1. The van der Waals surface area contributed by atoms with Crippen molar-refractivity contribution >= 4 is 18.0 Å². The van der Waals surface area contributed by atoms with Crippen LogP contribution in [0.1, 0.15) is 28.1 Å². The van der Waals surface area contributed by atoms with Gasteiger partial charge in [0.25, 0.3) is 5.91 Å². The van der Waals surface area contributed by atoms with Gasteiger partial charge in [0.05, 0.1) is 24.9 Å². The van der Waals surface area contributed by atoms with E-state index in [1.54, 1.807) is 24.3 Å². The number of hydrogen-bond acceptors (Lipinski definition) is 8. The molecule has 3 aromatic rings. The van der Waals surface area contributed by atoms with E-state index >= 15 is 0 Å². The number of hydrogen-bond donors (Lipinski definition) is 1. The summed E-state index contributed by atoms with van der Waals surface area (Å²) in [4.78, 5) is 23.9. The van der Waals surface area contributed by atoms with E-state index in [9.17, 15) is 9.59 Å². The van der Waals surface area contributed by atoms with Crippen LogP contribution in [0.3, 0.4) is 0 Å². The lowest BCUT2D eigenvalue weighted by Gasteiger charge is -2.11. The Balaban J connectivity index is 1.41. The van der Waals surface area contributed by atoms with E-state index in [2.05, 4.69) is 10.5 Å². The maximum absolute atomic E-state index is 12.0. The minimum Gasteiger partial charge on any atom is -0.493 e. The van der Waals surface area contributed by atoms with Crippen LogP contribution >= 0.6 is 0 Å². The van der Waals surface area contributed by atoms with Crippen molar-refractivity contribution in [1.29, 1.82) is 0 Å². The summed E-state index contributed by atoms with van der Waals surface area (Å²) in [5, 5.41) is 6.56. The van der Waals surface area contributed by atoms with E-state index in [0.29, 0.717) is 42.6 Å². The normalized spacial score (nSPS) is 10.8. The van der Waals surface area contributed by atoms with E-state index in [-0.39, 0.29) is 6.61 Å². The molecule has 0 aliphatic heterocycles.